The van der Waals surface area contributed by atoms with E-state index < -0.39 is 5.41 Å². The standard InChI is InChI=1S/C32H39N3O2/c1-32(2,3)31(37)34-27-14-15-29(28(23-27)30(36)33-19-16-24-10-6-4-7-11-24)35-20-17-26(18-21-35)22-25-12-8-5-9-13-25/h4-15,23,26H,16-22H2,1-3H3,(H,33,36)(H,34,37). The lowest BCUT2D eigenvalue weighted by Gasteiger charge is -2.35. The Labute approximate surface area is 221 Å². The number of nitrogens with one attached hydrogen (secondary N) is 2. The zero-order chi connectivity index (χ0) is 26.3. The predicted octanol–water partition coefficient (Wildman–Crippen LogP) is 6.10. The van der Waals surface area contributed by atoms with Gasteiger partial charge in [-0.2, -0.15) is 0 Å². The van der Waals surface area contributed by atoms with Gasteiger partial charge in [-0.15, -0.1) is 0 Å². The maximum Gasteiger partial charge on any atom is 0.253 e. The van der Waals surface area contributed by atoms with Crippen LogP contribution in [0.25, 0.3) is 0 Å². The van der Waals surface area contributed by atoms with Gasteiger partial charge in [-0.3, -0.25) is 9.59 Å². The highest BCUT2D eigenvalue weighted by atomic mass is 16.2. The highest BCUT2D eigenvalue weighted by Gasteiger charge is 2.25. The first-order valence-electron chi connectivity index (χ1n) is 13.4. The van der Waals surface area contributed by atoms with Crippen LogP contribution < -0.4 is 15.5 Å². The van der Waals surface area contributed by atoms with Gasteiger partial charge in [0.15, 0.2) is 0 Å². The van der Waals surface area contributed by atoms with E-state index in [2.05, 4.69) is 58.0 Å². The SMILES string of the molecule is CC(C)(C)C(=O)Nc1ccc(N2CCC(Cc3ccccc3)CC2)c(C(=O)NCCc2ccccc2)c1. The molecule has 3 aromatic rings. The lowest BCUT2D eigenvalue weighted by atomic mass is 9.89. The molecule has 37 heavy (non-hydrogen) atoms. The summed E-state index contributed by atoms with van der Waals surface area (Å²) in [6, 6.07) is 26.6. The molecule has 0 spiro atoms. The number of piperidine rings is 1. The minimum Gasteiger partial charge on any atom is -0.371 e. The molecular weight excluding hydrogens is 458 g/mol. The number of benzene rings is 3. The number of anilines is 2. The van der Waals surface area contributed by atoms with Gasteiger partial charge in [0.1, 0.15) is 0 Å². The van der Waals surface area contributed by atoms with Crippen LogP contribution in [0.1, 0.15) is 55.1 Å². The van der Waals surface area contributed by atoms with Crippen LogP contribution in [-0.2, 0) is 17.6 Å². The monoisotopic (exact) mass is 497 g/mol. The number of amides is 2. The third kappa shape index (κ3) is 7.45. The largest absolute Gasteiger partial charge is 0.371 e. The molecule has 1 aliphatic rings. The van der Waals surface area contributed by atoms with Crippen molar-refractivity contribution in [3.8, 4) is 0 Å². The lowest BCUT2D eigenvalue weighted by molar-refractivity contribution is -0.123. The van der Waals surface area contributed by atoms with E-state index in [1.165, 1.54) is 11.1 Å². The van der Waals surface area contributed by atoms with Crippen LogP contribution in [0.4, 0.5) is 11.4 Å². The molecule has 1 heterocycles. The maximum absolute atomic E-state index is 13.4. The number of carbonyl (C=O) groups excluding carboxylic acids is 2. The lowest BCUT2D eigenvalue weighted by Crippen LogP contribution is -2.36. The third-order valence-electron chi connectivity index (χ3n) is 7.04. The average molecular weight is 498 g/mol. The molecule has 1 saturated heterocycles. The summed E-state index contributed by atoms with van der Waals surface area (Å²) >= 11 is 0. The van der Waals surface area contributed by atoms with E-state index in [4.69, 9.17) is 0 Å². The quantitative estimate of drug-likeness (QED) is 0.395. The third-order valence-corrected chi connectivity index (χ3v) is 7.04. The van der Waals surface area contributed by atoms with Crippen molar-refractivity contribution in [2.45, 2.75) is 46.5 Å². The number of hydrogen-bond donors (Lipinski definition) is 2. The Morgan fingerprint density at radius 1 is 0.865 bits per heavy atom. The van der Waals surface area contributed by atoms with Crippen molar-refractivity contribution in [1.29, 1.82) is 0 Å². The van der Waals surface area contributed by atoms with Crippen LogP contribution in [-0.4, -0.2) is 31.4 Å². The fourth-order valence-electron chi connectivity index (χ4n) is 4.78. The van der Waals surface area contributed by atoms with E-state index in [-0.39, 0.29) is 11.8 Å². The highest BCUT2D eigenvalue weighted by molar-refractivity contribution is 6.02. The Morgan fingerprint density at radius 3 is 2.11 bits per heavy atom. The first kappa shape index (κ1) is 26.5. The van der Waals surface area contributed by atoms with E-state index in [0.717, 1.165) is 44.5 Å². The van der Waals surface area contributed by atoms with Gasteiger partial charge in [-0.05, 0) is 60.9 Å². The summed E-state index contributed by atoms with van der Waals surface area (Å²) in [4.78, 5) is 28.3. The second kappa shape index (κ2) is 12.1. The fourth-order valence-corrected chi connectivity index (χ4v) is 4.78. The van der Waals surface area contributed by atoms with Crippen molar-refractivity contribution >= 4 is 23.2 Å². The van der Waals surface area contributed by atoms with Crippen molar-refractivity contribution in [2.75, 3.05) is 29.9 Å². The molecule has 3 aromatic carbocycles. The number of rotatable bonds is 8. The summed E-state index contributed by atoms with van der Waals surface area (Å²) in [5.41, 5.74) is 4.26. The van der Waals surface area contributed by atoms with Gasteiger partial charge in [-0.25, -0.2) is 0 Å². The topological polar surface area (TPSA) is 61.4 Å². The first-order valence-corrected chi connectivity index (χ1v) is 13.4. The molecule has 0 atom stereocenters. The van der Waals surface area contributed by atoms with Gasteiger partial charge >= 0.3 is 0 Å². The summed E-state index contributed by atoms with van der Waals surface area (Å²) in [6.45, 7) is 8.03. The minimum absolute atomic E-state index is 0.0718. The van der Waals surface area contributed by atoms with Crippen LogP contribution in [0.15, 0.2) is 78.9 Å². The molecule has 1 aliphatic heterocycles. The molecule has 4 rings (SSSR count). The van der Waals surface area contributed by atoms with Crippen LogP contribution in [0, 0.1) is 11.3 Å². The van der Waals surface area contributed by atoms with Crippen LogP contribution in [0.3, 0.4) is 0 Å². The molecule has 0 aromatic heterocycles. The molecule has 2 N–H and O–H groups in total. The van der Waals surface area contributed by atoms with E-state index in [1.54, 1.807) is 0 Å². The van der Waals surface area contributed by atoms with E-state index in [9.17, 15) is 9.59 Å². The van der Waals surface area contributed by atoms with Crippen LogP contribution in [0.2, 0.25) is 0 Å². The van der Waals surface area contributed by atoms with Gasteiger partial charge in [0.25, 0.3) is 5.91 Å². The highest BCUT2D eigenvalue weighted by Crippen LogP contribution is 2.30. The van der Waals surface area contributed by atoms with Crippen molar-refractivity contribution in [3.05, 3.63) is 95.6 Å². The molecule has 1 fully saturated rings. The van der Waals surface area contributed by atoms with E-state index in [0.29, 0.717) is 23.7 Å². The van der Waals surface area contributed by atoms with Gasteiger partial charge in [0.2, 0.25) is 5.91 Å². The maximum atomic E-state index is 13.4. The number of carbonyl (C=O) groups is 2. The van der Waals surface area contributed by atoms with Crippen molar-refractivity contribution in [2.24, 2.45) is 11.3 Å². The second-order valence-corrected chi connectivity index (χ2v) is 11.0. The zero-order valence-corrected chi connectivity index (χ0v) is 22.3. The summed E-state index contributed by atoms with van der Waals surface area (Å²) in [7, 11) is 0. The summed E-state index contributed by atoms with van der Waals surface area (Å²) in [5.74, 6) is 0.466. The molecule has 5 nitrogen and oxygen atoms in total. The summed E-state index contributed by atoms with van der Waals surface area (Å²) in [6.07, 6.45) is 4.05. The van der Waals surface area contributed by atoms with E-state index >= 15 is 0 Å². The predicted molar refractivity (Wildman–Crippen MR) is 152 cm³/mol. The molecule has 0 saturated carbocycles. The first-order chi connectivity index (χ1) is 17.8. The number of nitrogens with zero attached hydrogens (tertiary/aromatic N) is 1. The molecule has 0 radical (unpaired) electrons. The molecule has 0 bridgehead atoms. The Morgan fingerprint density at radius 2 is 1.49 bits per heavy atom. The Kier molecular flexibility index (Phi) is 8.65. The normalized spacial score (nSPS) is 14.3. The average Bonchev–Trinajstić information content (AvgIpc) is 2.90. The molecular formula is C32H39N3O2. The van der Waals surface area contributed by atoms with Crippen LogP contribution in [0.5, 0.6) is 0 Å². The van der Waals surface area contributed by atoms with Gasteiger partial charge in [0.05, 0.1) is 5.56 Å². The van der Waals surface area contributed by atoms with Gasteiger partial charge in [-0.1, -0.05) is 81.4 Å². The van der Waals surface area contributed by atoms with Gasteiger partial charge in [0, 0.05) is 36.4 Å². The van der Waals surface area contributed by atoms with Crippen molar-refractivity contribution in [3.63, 3.8) is 0 Å². The number of hydrogen-bond acceptors (Lipinski definition) is 3. The molecule has 194 valence electrons. The minimum atomic E-state index is -0.516. The molecule has 0 unspecified atom stereocenters. The molecule has 5 heteroatoms. The van der Waals surface area contributed by atoms with Crippen molar-refractivity contribution in [1.82, 2.24) is 5.32 Å². The summed E-state index contributed by atoms with van der Waals surface area (Å²) in [5, 5.41) is 6.09. The second-order valence-electron chi connectivity index (χ2n) is 11.0. The fraction of sp³-hybridized carbons (Fsp3) is 0.375. The Hall–Kier alpha value is -3.60. The van der Waals surface area contributed by atoms with Crippen LogP contribution >= 0.6 is 0 Å². The molecule has 2 amide bonds. The molecule has 0 aliphatic carbocycles. The van der Waals surface area contributed by atoms with E-state index in [1.807, 2.05) is 57.2 Å². The van der Waals surface area contributed by atoms with Gasteiger partial charge < -0.3 is 15.5 Å². The Bertz CT molecular complexity index is 1180. The zero-order valence-electron chi connectivity index (χ0n) is 22.3. The summed E-state index contributed by atoms with van der Waals surface area (Å²) < 4.78 is 0. The van der Waals surface area contributed by atoms with Crippen molar-refractivity contribution < 1.29 is 9.59 Å². The smallest absolute Gasteiger partial charge is 0.253 e. The Balaban J connectivity index is 1.47.